The van der Waals surface area contributed by atoms with Crippen molar-refractivity contribution < 1.29 is 29.0 Å². The molecule has 0 bridgehead atoms. The molecule has 2 aromatic rings. The van der Waals surface area contributed by atoms with Crippen LogP contribution in [-0.4, -0.2) is 53.1 Å². The third kappa shape index (κ3) is 6.27. The first-order chi connectivity index (χ1) is 20.0. The molecule has 2 N–H and O–H groups in total. The lowest BCUT2D eigenvalue weighted by atomic mass is 9.67. The normalized spacial score (nSPS) is 20.3. The molecule has 0 aromatic heterocycles. The van der Waals surface area contributed by atoms with Crippen molar-refractivity contribution in [3.05, 3.63) is 58.1 Å². The number of hydrogen-bond acceptors (Lipinski definition) is 5. The van der Waals surface area contributed by atoms with Crippen molar-refractivity contribution in [2.75, 3.05) is 19.8 Å². The lowest BCUT2D eigenvalue weighted by Crippen LogP contribution is -2.64. The molecule has 42 heavy (non-hydrogen) atoms. The molecule has 8 nitrogen and oxygen atoms in total. The van der Waals surface area contributed by atoms with E-state index in [9.17, 15) is 19.5 Å². The molecular weight excluding hydrogens is 532 g/mol. The van der Waals surface area contributed by atoms with E-state index in [1.807, 2.05) is 40.7 Å². The number of carbonyl (C=O) groups is 3. The molecule has 4 rings (SSSR count). The number of Topliss-reactive ketones (excluding diaryl/α,β-unsaturated/α-hetero) is 1. The zero-order valence-electron chi connectivity index (χ0n) is 25.9. The number of carbonyl (C=O) groups excluding carboxylic acids is 2. The van der Waals surface area contributed by atoms with Gasteiger partial charge in [-0.1, -0.05) is 37.6 Å². The summed E-state index contributed by atoms with van der Waals surface area (Å²) in [4.78, 5) is 40.8. The van der Waals surface area contributed by atoms with Crippen LogP contribution in [0.3, 0.4) is 0 Å². The third-order valence-electron chi connectivity index (χ3n) is 9.17. The summed E-state index contributed by atoms with van der Waals surface area (Å²) in [6, 6.07) is 9.50. The van der Waals surface area contributed by atoms with E-state index >= 15 is 0 Å². The van der Waals surface area contributed by atoms with Crippen molar-refractivity contribution >= 4 is 17.8 Å². The molecule has 1 fully saturated rings. The number of nitrogens with zero attached hydrogens (tertiary/aromatic N) is 1. The van der Waals surface area contributed by atoms with Crippen LogP contribution in [-0.2, 0) is 17.6 Å². The van der Waals surface area contributed by atoms with Gasteiger partial charge in [0.1, 0.15) is 22.6 Å². The van der Waals surface area contributed by atoms with Crippen LogP contribution >= 0.6 is 0 Å². The Morgan fingerprint density at radius 3 is 2.19 bits per heavy atom. The van der Waals surface area contributed by atoms with Crippen molar-refractivity contribution in [1.29, 1.82) is 0 Å². The number of nitrogens with one attached hydrogen (secondary N) is 1. The minimum atomic E-state index is -1.25. The number of benzene rings is 2. The Balaban J connectivity index is 1.68. The van der Waals surface area contributed by atoms with Gasteiger partial charge in [-0.25, -0.2) is 9.59 Å². The number of carboxylic acid groups (broad SMARTS) is 1. The number of urea groups is 1. The zero-order chi connectivity index (χ0) is 30.6. The maximum absolute atomic E-state index is 14.0. The topological polar surface area (TPSA) is 105 Å². The van der Waals surface area contributed by atoms with Gasteiger partial charge in [0.15, 0.2) is 5.78 Å². The second-order valence-electron chi connectivity index (χ2n) is 11.9. The Morgan fingerprint density at radius 1 is 1.05 bits per heavy atom. The largest absolute Gasteiger partial charge is 0.493 e. The molecule has 0 spiro atoms. The Hall–Kier alpha value is -3.55. The van der Waals surface area contributed by atoms with Gasteiger partial charge in [-0.15, -0.1) is 0 Å². The predicted octanol–water partition coefficient (Wildman–Crippen LogP) is 6.52. The Labute approximate surface area is 249 Å². The highest BCUT2D eigenvalue weighted by atomic mass is 16.5. The van der Waals surface area contributed by atoms with E-state index in [1.165, 1.54) is 18.1 Å². The van der Waals surface area contributed by atoms with Gasteiger partial charge in [0.2, 0.25) is 0 Å². The first kappa shape index (κ1) is 31.4. The van der Waals surface area contributed by atoms with Gasteiger partial charge in [-0.2, -0.15) is 0 Å². The highest BCUT2D eigenvalue weighted by Crippen LogP contribution is 2.42. The number of carboxylic acids is 1. The maximum atomic E-state index is 14.0. The summed E-state index contributed by atoms with van der Waals surface area (Å²) in [5.41, 5.74) is 3.44. The summed E-state index contributed by atoms with van der Waals surface area (Å²) in [5, 5.41) is 13.0. The number of ether oxygens (including phenoxy) is 2. The predicted molar refractivity (Wildman–Crippen MR) is 163 cm³/mol. The minimum absolute atomic E-state index is 0.154. The maximum Gasteiger partial charge on any atom is 0.329 e. The average Bonchev–Trinajstić information content (AvgIpc) is 3.35. The third-order valence-corrected chi connectivity index (χ3v) is 9.17. The summed E-state index contributed by atoms with van der Waals surface area (Å²) in [5.74, 6) is 0.436. The molecule has 0 radical (unpaired) electrons. The van der Waals surface area contributed by atoms with E-state index in [4.69, 9.17) is 9.47 Å². The van der Waals surface area contributed by atoms with Crippen LogP contribution in [0.2, 0.25) is 0 Å². The molecule has 0 unspecified atom stereocenters. The first-order valence-corrected chi connectivity index (χ1v) is 15.4. The van der Waals surface area contributed by atoms with Crippen molar-refractivity contribution in [3.8, 4) is 11.5 Å². The van der Waals surface area contributed by atoms with Gasteiger partial charge in [0.25, 0.3) is 0 Å². The average molecular weight is 579 g/mol. The van der Waals surface area contributed by atoms with Gasteiger partial charge >= 0.3 is 12.0 Å². The molecule has 1 saturated carbocycles. The summed E-state index contributed by atoms with van der Waals surface area (Å²) in [6.07, 6.45) is 4.46. The summed E-state index contributed by atoms with van der Waals surface area (Å²) in [6.45, 7) is 12.3. The molecule has 2 amide bonds. The Morgan fingerprint density at radius 2 is 1.67 bits per heavy atom. The van der Waals surface area contributed by atoms with Crippen molar-refractivity contribution in [1.82, 2.24) is 10.2 Å². The van der Waals surface area contributed by atoms with Gasteiger partial charge in [0, 0.05) is 6.54 Å². The molecular formula is C34H46N2O6. The highest BCUT2D eigenvalue weighted by Gasteiger charge is 2.51. The molecule has 2 aromatic carbocycles. The van der Waals surface area contributed by atoms with E-state index < -0.39 is 17.6 Å². The van der Waals surface area contributed by atoms with Gasteiger partial charge < -0.3 is 24.8 Å². The summed E-state index contributed by atoms with van der Waals surface area (Å²) >= 11 is 0. The van der Waals surface area contributed by atoms with Crippen LogP contribution in [0, 0.1) is 18.8 Å². The van der Waals surface area contributed by atoms with E-state index in [2.05, 4.69) is 29.6 Å². The van der Waals surface area contributed by atoms with Crippen molar-refractivity contribution in [2.45, 2.75) is 91.6 Å². The Kier molecular flexibility index (Phi) is 9.85. The van der Waals surface area contributed by atoms with Crippen LogP contribution in [0.15, 0.2) is 30.3 Å². The zero-order valence-corrected chi connectivity index (χ0v) is 25.9. The molecule has 0 heterocycles. The monoisotopic (exact) mass is 578 g/mol. The number of fused-ring (bicyclic) bond motifs is 1. The van der Waals surface area contributed by atoms with Crippen molar-refractivity contribution in [3.63, 3.8) is 0 Å². The SMILES string of the molecule is CCOc1cc([C@@H](C)N(CCC2Cc3ccccc3C2)C(=O)NC2(C(=O)O)CC(CC)C2)c(C)c(OCC)c1C(C)=O. The fourth-order valence-corrected chi connectivity index (χ4v) is 6.75. The number of hydrogen-bond donors (Lipinski definition) is 2. The minimum Gasteiger partial charge on any atom is -0.493 e. The smallest absolute Gasteiger partial charge is 0.329 e. The van der Waals surface area contributed by atoms with Crippen LogP contribution in [0.25, 0.3) is 0 Å². The summed E-state index contributed by atoms with van der Waals surface area (Å²) in [7, 11) is 0. The molecule has 2 aliphatic rings. The lowest BCUT2D eigenvalue weighted by molar-refractivity contribution is -0.150. The van der Waals surface area contributed by atoms with Crippen molar-refractivity contribution in [2.24, 2.45) is 11.8 Å². The van der Waals surface area contributed by atoms with Gasteiger partial charge in [-0.05, 0) is 107 Å². The molecule has 1 atom stereocenters. The summed E-state index contributed by atoms with van der Waals surface area (Å²) < 4.78 is 11.9. The van der Waals surface area contributed by atoms with Crippen LogP contribution in [0.1, 0.15) is 99.0 Å². The molecule has 228 valence electrons. The molecule has 0 aliphatic heterocycles. The molecule has 8 heteroatoms. The first-order valence-electron chi connectivity index (χ1n) is 15.4. The second kappa shape index (κ2) is 13.2. The lowest BCUT2D eigenvalue weighted by Gasteiger charge is -2.46. The number of aliphatic carboxylic acids is 1. The number of amides is 2. The fraction of sp³-hybridized carbons (Fsp3) is 0.559. The molecule has 0 saturated heterocycles. The van der Waals surface area contributed by atoms with Crippen LogP contribution in [0.4, 0.5) is 4.79 Å². The molecule has 2 aliphatic carbocycles. The fourth-order valence-electron chi connectivity index (χ4n) is 6.75. The van der Waals surface area contributed by atoms with E-state index in [0.717, 1.165) is 36.8 Å². The van der Waals surface area contributed by atoms with E-state index in [1.54, 1.807) is 4.90 Å². The van der Waals surface area contributed by atoms with Gasteiger partial charge in [-0.3, -0.25) is 4.79 Å². The number of ketones is 1. The van der Waals surface area contributed by atoms with E-state index in [-0.39, 0.29) is 17.7 Å². The number of rotatable bonds is 13. The second-order valence-corrected chi connectivity index (χ2v) is 11.9. The van der Waals surface area contributed by atoms with Crippen LogP contribution in [0.5, 0.6) is 11.5 Å². The quantitative estimate of drug-likeness (QED) is 0.262. The van der Waals surface area contributed by atoms with E-state index in [0.29, 0.717) is 55.6 Å². The highest BCUT2D eigenvalue weighted by molar-refractivity contribution is 6.00. The standard InChI is InChI=1S/C34H46N2O6/c1-7-24-19-34(20-24,32(38)39)35-33(40)36(15-14-25-16-26-12-10-11-13-27(26)17-25)22(5)28-18-29(41-8-2)30(23(6)37)31(21(28)4)42-9-3/h10-13,18,22,24-25H,7-9,14-17,19-20H2,1-6H3,(H,35,40)(H,38,39)/t22-,24?,34?/m1/s1. The van der Waals surface area contributed by atoms with Crippen LogP contribution < -0.4 is 14.8 Å². The Bertz CT molecular complexity index is 1290. The van der Waals surface area contributed by atoms with Gasteiger partial charge in [0.05, 0.1) is 19.3 Å².